The minimum Gasteiger partial charge on any atom is -0.454 e. The van der Waals surface area contributed by atoms with E-state index in [0.29, 0.717) is 12.8 Å². The van der Waals surface area contributed by atoms with E-state index in [2.05, 4.69) is 29.7 Å². The second kappa shape index (κ2) is 5.38. The van der Waals surface area contributed by atoms with Gasteiger partial charge < -0.3 is 20.1 Å². The van der Waals surface area contributed by atoms with E-state index in [-0.39, 0.29) is 5.41 Å². The number of benzene rings is 1. The van der Waals surface area contributed by atoms with E-state index in [1.165, 1.54) is 31.2 Å². The second-order valence-corrected chi connectivity index (χ2v) is 6.46. The molecule has 0 bridgehead atoms. The van der Waals surface area contributed by atoms with E-state index in [1.54, 1.807) is 0 Å². The van der Waals surface area contributed by atoms with Crippen LogP contribution < -0.4 is 20.1 Å². The molecule has 1 aliphatic heterocycles. The van der Waals surface area contributed by atoms with Crippen molar-refractivity contribution in [1.82, 2.24) is 10.6 Å². The zero-order valence-electron chi connectivity index (χ0n) is 13.0. The summed E-state index contributed by atoms with van der Waals surface area (Å²) < 4.78 is 10.9. The number of aliphatic imine (C=N–C) groups is 1. The normalized spacial score (nSPS) is 21.6. The third-order valence-electron chi connectivity index (χ3n) is 4.64. The molecular formula is C17H23N3O2. The first-order valence-corrected chi connectivity index (χ1v) is 8.24. The summed E-state index contributed by atoms with van der Waals surface area (Å²) in [5.41, 5.74) is 1.51. The average Bonchev–Trinajstić information content (AvgIpc) is 3.44. The van der Waals surface area contributed by atoms with Gasteiger partial charge in [-0.25, -0.2) is 0 Å². The predicted molar refractivity (Wildman–Crippen MR) is 85.6 cm³/mol. The molecule has 0 unspecified atom stereocenters. The summed E-state index contributed by atoms with van der Waals surface area (Å²) in [7, 11) is 0. The van der Waals surface area contributed by atoms with Gasteiger partial charge in [0.1, 0.15) is 0 Å². The summed E-state index contributed by atoms with van der Waals surface area (Å²) in [6.07, 6.45) is 4.91. The zero-order valence-corrected chi connectivity index (χ0v) is 13.0. The lowest BCUT2D eigenvalue weighted by Crippen LogP contribution is -2.39. The van der Waals surface area contributed by atoms with Crippen molar-refractivity contribution < 1.29 is 9.47 Å². The molecule has 1 aromatic carbocycles. The van der Waals surface area contributed by atoms with Crippen molar-refractivity contribution in [2.24, 2.45) is 4.99 Å². The van der Waals surface area contributed by atoms with Gasteiger partial charge in [0.2, 0.25) is 6.79 Å². The van der Waals surface area contributed by atoms with Gasteiger partial charge in [-0.15, -0.1) is 0 Å². The van der Waals surface area contributed by atoms with Crippen molar-refractivity contribution in [3.63, 3.8) is 0 Å². The number of ether oxygens (including phenoxy) is 2. The van der Waals surface area contributed by atoms with Gasteiger partial charge in [0, 0.05) is 18.0 Å². The predicted octanol–water partition coefficient (Wildman–Crippen LogP) is 2.16. The maximum absolute atomic E-state index is 5.50. The van der Waals surface area contributed by atoms with Gasteiger partial charge in [-0.1, -0.05) is 6.07 Å². The molecule has 5 nitrogen and oxygen atoms in total. The molecule has 0 radical (unpaired) electrons. The lowest BCUT2D eigenvalue weighted by Gasteiger charge is -2.16. The molecule has 118 valence electrons. The van der Waals surface area contributed by atoms with Gasteiger partial charge in [0.25, 0.3) is 0 Å². The van der Waals surface area contributed by atoms with Gasteiger partial charge in [0.15, 0.2) is 17.5 Å². The third-order valence-corrected chi connectivity index (χ3v) is 4.64. The molecule has 5 heteroatoms. The first-order valence-electron chi connectivity index (χ1n) is 8.24. The van der Waals surface area contributed by atoms with Crippen molar-refractivity contribution in [3.8, 4) is 11.5 Å². The Kier molecular flexibility index (Phi) is 3.36. The summed E-state index contributed by atoms with van der Waals surface area (Å²) >= 11 is 0. The molecule has 1 heterocycles. The van der Waals surface area contributed by atoms with Crippen molar-refractivity contribution in [2.45, 2.75) is 44.1 Å². The highest BCUT2D eigenvalue weighted by Crippen LogP contribution is 2.50. The zero-order chi connectivity index (χ0) is 15.0. The fourth-order valence-electron chi connectivity index (χ4n) is 2.89. The van der Waals surface area contributed by atoms with Crippen LogP contribution in [0.15, 0.2) is 23.2 Å². The van der Waals surface area contributed by atoms with Gasteiger partial charge in [-0.3, -0.25) is 4.99 Å². The maximum Gasteiger partial charge on any atom is 0.231 e. The van der Waals surface area contributed by atoms with Gasteiger partial charge in [-0.2, -0.15) is 0 Å². The monoisotopic (exact) mass is 301 g/mol. The summed E-state index contributed by atoms with van der Waals surface area (Å²) in [4.78, 5) is 4.82. The van der Waals surface area contributed by atoms with Crippen molar-refractivity contribution in [3.05, 3.63) is 23.8 Å². The minimum atomic E-state index is 0.187. The van der Waals surface area contributed by atoms with E-state index >= 15 is 0 Å². The smallest absolute Gasteiger partial charge is 0.231 e. The fourth-order valence-corrected chi connectivity index (χ4v) is 2.89. The highest BCUT2D eigenvalue weighted by Gasteiger charge is 2.44. The molecule has 0 saturated heterocycles. The standard InChI is InChI=1S/C17H23N3O2/c1-2-18-16(20-13-4-5-13)19-10-17(7-8-17)12-3-6-14-15(9-12)22-11-21-14/h3,6,9,13H,2,4-5,7-8,10-11H2,1H3,(H2,18,19,20). The Morgan fingerprint density at radius 3 is 2.82 bits per heavy atom. The van der Waals surface area contributed by atoms with Gasteiger partial charge in [-0.05, 0) is 50.3 Å². The lowest BCUT2D eigenvalue weighted by molar-refractivity contribution is 0.174. The van der Waals surface area contributed by atoms with Gasteiger partial charge in [0.05, 0.1) is 6.54 Å². The topological polar surface area (TPSA) is 54.9 Å². The summed E-state index contributed by atoms with van der Waals surface area (Å²) in [5, 5.41) is 6.82. The SMILES string of the molecule is CCNC(=NCC1(c2ccc3c(c2)OCO3)CC1)NC1CC1. The highest BCUT2D eigenvalue weighted by atomic mass is 16.7. The van der Waals surface area contributed by atoms with Crippen LogP contribution in [0.25, 0.3) is 0 Å². The maximum atomic E-state index is 5.50. The Morgan fingerprint density at radius 1 is 1.27 bits per heavy atom. The third kappa shape index (κ3) is 2.72. The fraction of sp³-hybridized carbons (Fsp3) is 0.588. The lowest BCUT2D eigenvalue weighted by atomic mass is 9.96. The number of guanidine groups is 1. The van der Waals surface area contributed by atoms with E-state index < -0.39 is 0 Å². The van der Waals surface area contributed by atoms with Crippen LogP contribution in [0.1, 0.15) is 38.2 Å². The van der Waals surface area contributed by atoms with Gasteiger partial charge >= 0.3 is 0 Å². The number of rotatable bonds is 5. The quantitative estimate of drug-likeness (QED) is 0.646. The molecule has 2 aliphatic carbocycles. The van der Waals surface area contributed by atoms with Crippen LogP contribution in [-0.2, 0) is 5.41 Å². The largest absolute Gasteiger partial charge is 0.454 e. The Balaban J connectivity index is 1.48. The van der Waals surface area contributed by atoms with Crippen molar-refractivity contribution in [1.29, 1.82) is 0 Å². The van der Waals surface area contributed by atoms with Crippen LogP contribution in [0.5, 0.6) is 11.5 Å². The van der Waals surface area contributed by atoms with E-state index in [1.807, 2.05) is 6.07 Å². The number of fused-ring (bicyclic) bond motifs is 1. The Bertz CT molecular complexity index is 592. The van der Waals surface area contributed by atoms with Crippen LogP contribution in [0.2, 0.25) is 0 Å². The summed E-state index contributed by atoms with van der Waals surface area (Å²) in [6.45, 7) is 4.17. The molecule has 4 rings (SSSR count). The molecule has 22 heavy (non-hydrogen) atoms. The number of nitrogens with zero attached hydrogens (tertiary/aromatic N) is 1. The van der Waals surface area contributed by atoms with E-state index in [4.69, 9.17) is 14.5 Å². The molecule has 0 atom stereocenters. The van der Waals surface area contributed by atoms with Crippen LogP contribution in [0.4, 0.5) is 0 Å². The summed E-state index contributed by atoms with van der Waals surface area (Å²) in [5.74, 6) is 2.68. The van der Waals surface area contributed by atoms with Crippen LogP contribution in [-0.4, -0.2) is 31.9 Å². The van der Waals surface area contributed by atoms with Crippen LogP contribution in [0, 0.1) is 0 Å². The van der Waals surface area contributed by atoms with Crippen LogP contribution in [0.3, 0.4) is 0 Å². The number of hydrogen-bond acceptors (Lipinski definition) is 3. The molecule has 0 spiro atoms. The molecule has 2 fully saturated rings. The average molecular weight is 301 g/mol. The highest BCUT2D eigenvalue weighted by molar-refractivity contribution is 5.80. The first kappa shape index (κ1) is 13.7. The second-order valence-electron chi connectivity index (χ2n) is 6.46. The molecule has 2 saturated carbocycles. The van der Waals surface area contributed by atoms with Crippen molar-refractivity contribution in [2.75, 3.05) is 19.9 Å². The molecule has 2 N–H and O–H groups in total. The molecule has 0 amide bonds. The molecule has 1 aromatic rings. The number of nitrogens with one attached hydrogen (secondary N) is 2. The molecular weight excluding hydrogens is 278 g/mol. The minimum absolute atomic E-state index is 0.187. The number of hydrogen-bond donors (Lipinski definition) is 2. The summed E-state index contributed by atoms with van der Waals surface area (Å²) in [6, 6.07) is 6.94. The van der Waals surface area contributed by atoms with E-state index in [0.717, 1.165) is 30.5 Å². The van der Waals surface area contributed by atoms with Crippen LogP contribution >= 0.6 is 0 Å². The Hall–Kier alpha value is -1.91. The Labute approximate surface area is 131 Å². The first-order chi connectivity index (χ1) is 10.8. The molecule has 0 aromatic heterocycles. The van der Waals surface area contributed by atoms with Crippen molar-refractivity contribution >= 4 is 5.96 Å². The molecule has 3 aliphatic rings. The Morgan fingerprint density at radius 2 is 2.09 bits per heavy atom. The van der Waals surface area contributed by atoms with E-state index in [9.17, 15) is 0 Å².